The van der Waals surface area contributed by atoms with Gasteiger partial charge in [-0.3, -0.25) is 4.79 Å². The van der Waals surface area contributed by atoms with Gasteiger partial charge in [0.15, 0.2) is 5.65 Å². The van der Waals surface area contributed by atoms with Crippen LogP contribution in [0.25, 0.3) is 33.3 Å². The summed E-state index contributed by atoms with van der Waals surface area (Å²) < 4.78 is 1.61. The Morgan fingerprint density at radius 3 is 2.93 bits per heavy atom. The van der Waals surface area contributed by atoms with E-state index in [0.29, 0.717) is 34.7 Å². The number of amides is 1. The number of nitrogens with zero attached hydrogens (tertiary/aromatic N) is 4. The lowest BCUT2D eigenvalue weighted by Crippen LogP contribution is -2.17. The zero-order chi connectivity index (χ0) is 19.1. The van der Waals surface area contributed by atoms with Crippen molar-refractivity contribution in [2.75, 3.05) is 19.4 Å². The minimum Gasteiger partial charge on any atom is -0.394 e. The van der Waals surface area contributed by atoms with Gasteiger partial charge in [0, 0.05) is 23.5 Å². The van der Waals surface area contributed by atoms with Crippen molar-refractivity contribution < 1.29 is 9.90 Å². The zero-order valence-corrected chi connectivity index (χ0v) is 14.9. The fourth-order valence-electron chi connectivity index (χ4n) is 3.32. The summed E-state index contributed by atoms with van der Waals surface area (Å²) in [7, 11) is 1.60. The summed E-state index contributed by atoms with van der Waals surface area (Å²) in [5.41, 5.74) is 10.4. The molecule has 5 N–H and O–H groups in total. The molecule has 9 heteroatoms. The lowest BCUT2D eigenvalue weighted by Gasteiger charge is -1.99. The SMILES string of the molecule is CNC(=O)c1ccc2c(C)c(-c3nn(CCO)c4ncnc(N)c34)[nH]c2c1. The Labute approximate surface area is 154 Å². The molecule has 0 spiro atoms. The molecule has 27 heavy (non-hydrogen) atoms. The molecule has 4 rings (SSSR count). The van der Waals surface area contributed by atoms with Gasteiger partial charge in [0.2, 0.25) is 0 Å². The number of anilines is 1. The summed E-state index contributed by atoms with van der Waals surface area (Å²) in [6.07, 6.45) is 1.38. The van der Waals surface area contributed by atoms with E-state index in [1.807, 2.05) is 13.0 Å². The van der Waals surface area contributed by atoms with Crippen molar-refractivity contribution in [1.82, 2.24) is 30.0 Å². The minimum absolute atomic E-state index is 0.0682. The highest BCUT2D eigenvalue weighted by Crippen LogP contribution is 2.35. The number of hydrogen-bond acceptors (Lipinski definition) is 6. The van der Waals surface area contributed by atoms with Crippen LogP contribution in [0.5, 0.6) is 0 Å². The van der Waals surface area contributed by atoms with Gasteiger partial charge >= 0.3 is 0 Å². The maximum absolute atomic E-state index is 11.9. The van der Waals surface area contributed by atoms with Crippen LogP contribution in [0.2, 0.25) is 0 Å². The largest absolute Gasteiger partial charge is 0.394 e. The van der Waals surface area contributed by atoms with Crippen LogP contribution in [0, 0.1) is 6.92 Å². The lowest BCUT2D eigenvalue weighted by atomic mass is 10.1. The number of nitrogen functional groups attached to an aromatic ring is 1. The Balaban J connectivity index is 1.97. The number of aryl methyl sites for hydroxylation is 1. The molecule has 0 fully saturated rings. The maximum atomic E-state index is 11.9. The summed E-state index contributed by atoms with van der Waals surface area (Å²) in [5.74, 6) is 0.171. The molecule has 0 bridgehead atoms. The van der Waals surface area contributed by atoms with Crippen LogP contribution in [0.1, 0.15) is 15.9 Å². The molecule has 1 amide bonds. The van der Waals surface area contributed by atoms with E-state index in [2.05, 4.69) is 25.4 Å². The van der Waals surface area contributed by atoms with Gasteiger partial charge < -0.3 is 21.1 Å². The average molecular weight is 365 g/mol. The molecule has 138 valence electrons. The summed E-state index contributed by atoms with van der Waals surface area (Å²) in [6, 6.07) is 5.49. The first-order chi connectivity index (χ1) is 13.0. The quantitative estimate of drug-likeness (QED) is 0.429. The Morgan fingerprint density at radius 2 is 2.19 bits per heavy atom. The molecule has 0 aliphatic carbocycles. The van der Waals surface area contributed by atoms with Gasteiger partial charge in [-0.05, 0) is 24.6 Å². The van der Waals surface area contributed by atoms with E-state index < -0.39 is 0 Å². The fraction of sp³-hybridized carbons (Fsp3) is 0.222. The van der Waals surface area contributed by atoms with E-state index in [4.69, 9.17) is 5.73 Å². The van der Waals surface area contributed by atoms with E-state index in [0.717, 1.165) is 22.2 Å². The lowest BCUT2D eigenvalue weighted by molar-refractivity contribution is 0.0963. The number of nitrogens with two attached hydrogens (primary N) is 1. The first-order valence-electron chi connectivity index (χ1n) is 8.47. The molecule has 0 aliphatic rings. The minimum atomic E-state index is -0.152. The van der Waals surface area contributed by atoms with Crippen LogP contribution >= 0.6 is 0 Å². The second kappa shape index (κ2) is 6.36. The Morgan fingerprint density at radius 1 is 1.37 bits per heavy atom. The van der Waals surface area contributed by atoms with Gasteiger partial charge in [0.05, 0.1) is 24.2 Å². The highest BCUT2D eigenvalue weighted by Gasteiger charge is 2.21. The van der Waals surface area contributed by atoms with E-state index in [1.165, 1.54) is 6.33 Å². The molecule has 0 aliphatic heterocycles. The molecule has 3 aromatic heterocycles. The topological polar surface area (TPSA) is 135 Å². The second-order valence-electron chi connectivity index (χ2n) is 6.22. The molecule has 0 saturated carbocycles. The number of fused-ring (bicyclic) bond motifs is 2. The summed E-state index contributed by atoms with van der Waals surface area (Å²) in [6.45, 7) is 2.21. The standard InChI is InChI=1S/C18H19N7O2/c1-9-11-4-3-10(18(27)20-2)7-12(11)23-14(9)15-13-16(19)21-8-22-17(13)25(24-15)5-6-26/h3-4,7-8,23,26H,5-6H2,1-2H3,(H,20,27)(H2,19,21,22). The van der Waals surface area contributed by atoms with Gasteiger partial charge in [-0.15, -0.1) is 0 Å². The molecule has 0 radical (unpaired) electrons. The highest BCUT2D eigenvalue weighted by atomic mass is 16.3. The number of aliphatic hydroxyl groups is 1. The van der Waals surface area contributed by atoms with Crippen molar-refractivity contribution >= 4 is 33.7 Å². The summed E-state index contributed by atoms with van der Waals surface area (Å²) in [4.78, 5) is 23.6. The van der Waals surface area contributed by atoms with Crippen LogP contribution in [0.4, 0.5) is 5.82 Å². The van der Waals surface area contributed by atoms with Crippen LogP contribution in [0.15, 0.2) is 24.5 Å². The third kappa shape index (κ3) is 2.59. The number of benzene rings is 1. The Hall–Kier alpha value is -3.46. The molecule has 3 heterocycles. The van der Waals surface area contributed by atoms with Gasteiger partial charge in [0.1, 0.15) is 17.8 Å². The van der Waals surface area contributed by atoms with E-state index in [1.54, 1.807) is 23.9 Å². The summed E-state index contributed by atoms with van der Waals surface area (Å²) >= 11 is 0. The number of carbonyl (C=O) groups is 1. The van der Waals surface area contributed by atoms with E-state index in [9.17, 15) is 9.90 Å². The third-order valence-electron chi connectivity index (χ3n) is 4.65. The van der Waals surface area contributed by atoms with Crippen LogP contribution in [-0.2, 0) is 6.54 Å². The Bertz CT molecular complexity index is 1180. The molecular weight excluding hydrogens is 346 g/mol. The van der Waals surface area contributed by atoms with E-state index >= 15 is 0 Å². The smallest absolute Gasteiger partial charge is 0.251 e. The van der Waals surface area contributed by atoms with Gasteiger partial charge in [0.25, 0.3) is 5.91 Å². The maximum Gasteiger partial charge on any atom is 0.251 e. The molecule has 0 unspecified atom stereocenters. The number of aromatic amines is 1. The fourth-order valence-corrected chi connectivity index (χ4v) is 3.32. The third-order valence-corrected chi connectivity index (χ3v) is 4.65. The number of aliphatic hydroxyl groups excluding tert-OH is 1. The highest BCUT2D eigenvalue weighted by molar-refractivity contribution is 6.03. The number of rotatable bonds is 4. The van der Waals surface area contributed by atoms with Crippen LogP contribution in [0.3, 0.4) is 0 Å². The number of hydrogen-bond donors (Lipinski definition) is 4. The van der Waals surface area contributed by atoms with Crippen molar-refractivity contribution in [3.05, 3.63) is 35.7 Å². The Kier molecular flexibility index (Phi) is 4.00. The molecule has 4 aromatic rings. The molecule has 0 saturated heterocycles. The second-order valence-corrected chi connectivity index (χ2v) is 6.22. The van der Waals surface area contributed by atoms with Crippen molar-refractivity contribution in [3.63, 3.8) is 0 Å². The predicted molar refractivity (Wildman–Crippen MR) is 102 cm³/mol. The van der Waals surface area contributed by atoms with Crippen molar-refractivity contribution in [3.8, 4) is 11.4 Å². The van der Waals surface area contributed by atoms with Gasteiger partial charge in [-0.2, -0.15) is 5.10 Å². The first-order valence-corrected chi connectivity index (χ1v) is 8.47. The van der Waals surface area contributed by atoms with Gasteiger partial charge in [-0.1, -0.05) is 6.07 Å². The van der Waals surface area contributed by atoms with Crippen molar-refractivity contribution in [2.45, 2.75) is 13.5 Å². The van der Waals surface area contributed by atoms with Gasteiger partial charge in [-0.25, -0.2) is 14.6 Å². The first kappa shape index (κ1) is 17.0. The van der Waals surface area contributed by atoms with Crippen molar-refractivity contribution in [1.29, 1.82) is 0 Å². The molecule has 9 nitrogen and oxygen atoms in total. The number of carbonyl (C=O) groups excluding carboxylic acids is 1. The summed E-state index contributed by atoms with van der Waals surface area (Å²) in [5, 5.41) is 18.2. The van der Waals surface area contributed by atoms with Crippen molar-refractivity contribution in [2.24, 2.45) is 0 Å². The molecule has 0 atom stereocenters. The number of nitrogens with one attached hydrogen (secondary N) is 2. The number of H-pyrrole nitrogens is 1. The molecule has 1 aromatic carbocycles. The molecular formula is C18H19N7O2. The van der Waals surface area contributed by atoms with E-state index in [-0.39, 0.29) is 12.5 Å². The monoisotopic (exact) mass is 365 g/mol. The number of aromatic nitrogens is 5. The predicted octanol–water partition coefficient (Wildman–Crippen LogP) is 1.22. The van der Waals surface area contributed by atoms with Crippen LogP contribution < -0.4 is 11.1 Å². The van der Waals surface area contributed by atoms with Crippen LogP contribution in [-0.4, -0.2) is 49.4 Å². The zero-order valence-electron chi connectivity index (χ0n) is 14.9. The average Bonchev–Trinajstić information content (AvgIpc) is 3.20. The normalized spacial score (nSPS) is 11.4.